The zero-order chi connectivity index (χ0) is 13.9. The van der Waals surface area contributed by atoms with Gasteiger partial charge in [0.05, 0.1) is 19.7 Å². The van der Waals surface area contributed by atoms with Crippen molar-refractivity contribution < 1.29 is 32.5 Å². The summed E-state index contributed by atoms with van der Waals surface area (Å²) >= 11 is 0. The molecule has 0 saturated heterocycles. The second kappa shape index (κ2) is 5.11. The highest BCUT2D eigenvalue weighted by atomic mass is 19.4. The highest BCUT2D eigenvalue weighted by Gasteiger charge is 2.33. The summed E-state index contributed by atoms with van der Waals surface area (Å²) in [5.41, 5.74) is -0.0891. The fourth-order valence-electron chi connectivity index (χ4n) is 1.27. The Balaban J connectivity index is 3.10. The van der Waals surface area contributed by atoms with Crippen molar-refractivity contribution >= 4 is 5.97 Å². The maximum atomic E-state index is 12.1. The number of methoxy groups -OCH3 is 1. The van der Waals surface area contributed by atoms with E-state index in [9.17, 15) is 23.1 Å². The summed E-state index contributed by atoms with van der Waals surface area (Å²) in [6.45, 7) is 1.26. The summed E-state index contributed by atoms with van der Waals surface area (Å²) < 4.78 is 44.2. The smallest absolute Gasteiger partial charge is 0.506 e. The zero-order valence-corrected chi connectivity index (χ0v) is 9.54. The van der Waals surface area contributed by atoms with E-state index in [4.69, 9.17) is 0 Å². The lowest BCUT2D eigenvalue weighted by Gasteiger charge is -2.13. The summed E-state index contributed by atoms with van der Waals surface area (Å²) in [4.78, 5) is 14.4. The maximum Gasteiger partial charge on any atom is 0.574 e. The average molecular weight is 265 g/mol. The topological polar surface area (TPSA) is 68.7 Å². The second-order valence-electron chi connectivity index (χ2n) is 3.35. The Morgan fingerprint density at radius 1 is 1.50 bits per heavy atom. The summed E-state index contributed by atoms with van der Waals surface area (Å²) in [5.74, 6) is -1.80. The zero-order valence-electron chi connectivity index (χ0n) is 9.54. The Morgan fingerprint density at radius 3 is 2.61 bits per heavy atom. The molecule has 0 aliphatic carbocycles. The van der Waals surface area contributed by atoms with Gasteiger partial charge < -0.3 is 14.6 Å². The van der Waals surface area contributed by atoms with Crippen LogP contribution < -0.4 is 4.74 Å². The normalized spacial score (nSPS) is 11.2. The van der Waals surface area contributed by atoms with E-state index in [-0.39, 0.29) is 17.5 Å². The number of alkyl halides is 3. The van der Waals surface area contributed by atoms with E-state index in [0.717, 1.165) is 13.3 Å². The lowest BCUT2D eigenvalue weighted by Crippen LogP contribution is -2.19. The first-order valence-electron chi connectivity index (χ1n) is 4.74. The summed E-state index contributed by atoms with van der Waals surface area (Å²) in [5, 5.41) is 9.45. The van der Waals surface area contributed by atoms with Crippen molar-refractivity contribution in [2.24, 2.45) is 0 Å². The highest BCUT2D eigenvalue weighted by molar-refractivity contribution is 5.74. The lowest BCUT2D eigenvalue weighted by molar-refractivity contribution is -0.276. The summed E-state index contributed by atoms with van der Waals surface area (Å²) in [6, 6.07) is 0. The molecule has 18 heavy (non-hydrogen) atoms. The van der Waals surface area contributed by atoms with Gasteiger partial charge in [0.15, 0.2) is 0 Å². The van der Waals surface area contributed by atoms with Gasteiger partial charge >= 0.3 is 12.3 Å². The van der Waals surface area contributed by atoms with Crippen molar-refractivity contribution in [2.45, 2.75) is 19.7 Å². The number of halogens is 3. The largest absolute Gasteiger partial charge is 0.574 e. The van der Waals surface area contributed by atoms with Crippen LogP contribution in [0.2, 0.25) is 0 Å². The Kier molecular flexibility index (Phi) is 4.00. The van der Waals surface area contributed by atoms with E-state index in [1.54, 1.807) is 0 Å². The van der Waals surface area contributed by atoms with Crippen LogP contribution in [0.1, 0.15) is 11.1 Å². The van der Waals surface area contributed by atoms with Gasteiger partial charge in [-0.1, -0.05) is 0 Å². The molecule has 0 saturated carbocycles. The summed E-state index contributed by atoms with van der Waals surface area (Å²) in [6.07, 6.45) is -4.48. The van der Waals surface area contributed by atoms with Crippen LogP contribution in [0, 0.1) is 6.92 Å². The molecule has 0 atom stereocenters. The van der Waals surface area contributed by atoms with Crippen LogP contribution in [0.4, 0.5) is 13.2 Å². The van der Waals surface area contributed by atoms with Crippen LogP contribution in [-0.4, -0.2) is 29.5 Å². The molecule has 1 rings (SSSR count). The fourth-order valence-corrected chi connectivity index (χ4v) is 1.27. The maximum absolute atomic E-state index is 12.1. The quantitative estimate of drug-likeness (QED) is 0.842. The Hall–Kier alpha value is -1.99. The minimum atomic E-state index is -4.89. The number of rotatable bonds is 3. The van der Waals surface area contributed by atoms with Crippen LogP contribution in [0.5, 0.6) is 11.6 Å². The van der Waals surface area contributed by atoms with Crippen LogP contribution in [0.25, 0.3) is 0 Å². The van der Waals surface area contributed by atoms with Crippen molar-refractivity contribution in [1.82, 2.24) is 4.98 Å². The number of carbonyl (C=O) groups is 1. The number of hydrogen-bond donors (Lipinski definition) is 1. The van der Waals surface area contributed by atoms with Crippen molar-refractivity contribution in [2.75, 3.05) is 7.11 Å². The fraction of sp³-hybridized carbons (Fsp3) is 0.400. The molecular formula is C10H10F3NO4. The molecule has 0 aromatic carbocycles. The van der Waals surface area contributed by atoms with Gasteiger partial charge in [-0.2, -0.15) is 0 Å². The van der Waals surface area contributed by atoms with E-state index in [0.29, 0.717) is 0 Å². The second-order valence-corrected chi connectivity index (χ2v) is 3.35. The molecule has 0 unspecified atom stereocenters. The summed E-state index contributed by atoms with van der Waals surface area (Å²) in [7, 11) is 1.13. The molecule has 100 valence electrons. The van der Waals surface area contributed by atoms with Crippen molar-refractivity contribution in [1.29, 1.82) is 0 Å². The highest BCUT2D eigenvalue weighted by Crippen LogP contribution is 2.30. The first-order valence-corrected chi connectivity index (χ1v) is 4.74. The first-order chi connectivity index (χ1) is 8.24. The van der Waals surface area contributed by atoms with E-state index in [2.05, 4.69) is 14.5 Å². The Labute approximate surface area is 100 Å². The third-order valence-electron chi connectivity index (χ3n) is 2.15. The van der Waals surface area contributed by atoms with Crippen LogP contribution in [-0.2, 0) is 16.0 Å². The molecule has 1 aromatic heterocycles. The molecule has 0 aliphatic rings. The molecule has 8 heteroatoms. The van der Waals surface area contributed by atoms with Gasteiger partial charge in [0.25, 0.3) is 0 Å². The van der Waals surface area contributed by atoms with Crippen LogP contribution in [0.3, 0.4) is 0 Å². The third kappa shape index (κ3) is 3.51. The van der Waals surface area contributed by atoms with Gasteiger partial charge in [-0.3, -0.25) is 4.79 Å². The van der Waals surface area contributed by atoms with Gasteiger partial charge in [-0.25, -0.2) is 4.98 Å². The van der Waals surface area contributed by atoms with E-state index in [1.165, 1.54) is 6.92 Å². The Morgan fingerprint density at radius 2 is 2.11 bits per heavy atom. The van der Waals surface area contributed by atoms with E-state index in [1.807, 2.05) is 0 Å². The Bertz CT molecular complexity index is 459. The van der Waals surface area contributed by atoms with Gasteiger partial charge in [0.1, 0.15) is 5.75 Å². The van der Waals surface area contributed by atoms with Gasteiger partial charge in [0.2, 0.25) is 5.88 Å². The lowest BCUT2D eigenvalue weighted by atomic mass is 10.1. The minimum absolute atomic E-state index is 0.0175. The first kappa shape index (κ1) is 14.1. The van der Waals surface area contributed by atoms with Gasteiger partial charge in [-0.15, -0.1) is 13.2 Å². The van der Waals surface area contributed by atoms with Crippen LogP contribution in [0.15, 0.2) is 6.20 Å². The molecular weight excluding hydrogens is 255 g/mol. The molecule has 0 fully saturated rings. The third-order valence-corrected chi connectivity index (χ3v) is 2.15. The molecule has 1 heterocycles. The molecule has 0 radical (unpaired) electrons. The predicted octanol–water partition coefficient (Wildman–Crippen LogP) is 1.71. The molecule has 1 N–H and O–H groups in total. The van der Waals surface area contributed by atoms with Gasteiger partial charge in [0, 0.05) is 11.1 Å². The number of carbonyl (C=O) groups excluding carboxylic acids is 1. The number of aromatic nitrogens is 1. The average Bonchev–Trinajstić information content (AvgIpc) is 2.26. The predicted molar refractivity (Wildman–Crippen MR) is 53.0 cm³/mol. The van der Waals surface area contributed by atoms with Crippen molar-refractivity contribution in [3.63, 3.8) is 0 Å². The number of pyridine rings is 1. The van der Waals surface area contributed by atoms with Gasteiger partial charge in [-0.05, 0) is 6.92 Å². The number of nitrogens with zero attached hydrogens (tertiary/aromatic N) is 1. The molecule has 5 nitrogen and oxygen atoms in total. The molecule has 0 bridgehead atoms. The molecule has 0 aliphatic heterocycles. The minimum Gasteiger partial charge on any atom is -0.506 e. The van der Waals surface area contributed by atoms with E-state index >= 15 is 0 Å². The van der Waals surface area contributed by atoms with Crippen molar-refractivity contribution in [3.8, 4) is 11.6 Å². The molecule has 0 amide bonds. The standard InChI is InChI=1S/C10H10F3NO4/c1-5-6(3-8(16)17-2)7(15)4-14-9(5)18-10(11,12)13/h4,15H,3H2,1-2H3. The molecule has 0 spiro atoms. The monoisotopic (exact) mass is 265 g/mol. The van der Waals surface area contributed by atoms with E-state index < -0.39 is 24.0 Å². The number of esters is 1. The SMILES string of the molecule is COC(=O)Cc1c(O)cnc(OC(F)(F)F)c1C. The number of aromatic hydroxyl groups is 1. The molecule has 1 aromatic rings. The van der Waals surface area contributed by atoms with Crippen LogP contribution >= 0.6 is 0 Å². The number of ether oxygens (including phenoxy) is 2. The van der Waals surface area contributed by atoms with Crippen molar-refractivity contribution in [3.05, 3.63) is 17.3 Å². The number of hydrogen-bond acceptors (Lipinski definition) is 5.